The van der Waals surface area contributed by atoms with Gasteiger partial charge in [-0.2, -0.15) is 0 Å². The van der Waals surface area contributed by atoms with E-state index in [2.05, 4.69) is 20.9 Å². The SMILES string of the molecule is CC.CC.Cc1cc2oc(Br)cc2c(C)n1. The van der Waals surface area contributed by atoms with Crippen LogP contribution in [0.5, 0.6) is 0 Å². The number of aryl methyl sites for hydroxylation is 2. The molecule has 0 N–H and O–H groups in total. The Morgan fingerprint density at radius 3 is 2.19 bits per heavy atom. The van der Waals surface area contributed by atoms with Crippen LogP contribution in [-0.2, 0) is 0 Å². The molecule has 2 nitrogen and oxygen atoms in total. The van der Waals surface area contributed by atoms with E-state index < -0.39 is 0 Å². The minimum atomic E-state index is 0.757. The molecular weight excluding hydrogens is 266 g/mol. The molecule has 2 rings (SSSR count). The second-order valence-corrected chi connectivity index (χ2v) is 3.59. The zero-order valence-electron chi connectivity index (χ0n) is 10.9. The molecule has 0 aliphatic rings. The van der Waals surface area contributed by atoms with Crippen LogP contribution in [0.15, 0.2) is 21.2 Å². The van der Waals surface area contributed by atoms with E-state index in [9.17, 15) is 0 Å². The lowest BCUT2D eigenvalue weighted by atomic mass is 10.2. The van der Waals surface area contributed by atoms with Gasteiger partial charge in [-0.05, 0) is 29.8 Å². The molecule has 0 unspecified atom stereocenters. The Labute approximate surface area is 106 Å². The highest BCUT2D eigenvalue weighted by molar-refractivity contribution is 9.10. The van der Waals surface area contributed by atoms with Crippen molar-refractivity contribution in [2.45, 2.75) is 41.5 Å². The average Bonchev–Trinajstić information content (AvgIpc) is 2.65. The summed E-state index contributed by atoms with van der Waals surface area (Å²) in [6.45, 7) is 11.9. The average molecular weight is 286 g/mol. The fourth-order valence-electron chi connectivity index (χ4n) is 1.31. The molecule has 2 aromatic rings. The lowest BCUT2D eigenvalue weighted by molar-refractivity contribution is 0.586. The standard InChI is InChI=1S/C9H8BrNO.2C2H6/c1-5-3-8-7(6(2)11-5)4-9(10)12-8;2*1-2/h3-4H,1-2H3;2*1-2H3. The molecule has 0 aromatic carbocycles. The monoisotopic (exact) mass is 285 g/mol. The van der Waals surface area contributed by atoms with Crippen LogP contribution in [0.4, 0.5) is 0 Å². The summed E-state index contributed by atoms with van der Waals surface area (Å²) in [4.78, 5) is 4.33. The maximum atomic E-state index is 5.41. The van der Waals surface area contributed by atoms with Gasteiger partial charge in [-0.1, -0.05) is 27.7 Å². The number of halogens is 1. The van der Waals surface area contributed by atoms with Gasteiger partial charge in [0.2, 0.25) is 0 Å². The number of nitrogens with zero attached hydrogens (tertiary/aromatic N) is 1. The van der Waals surface area contributed by atoms with Crippen LogP contribution >= 0.6 is 15.9 Å². The zero-order chi connectivity index (χ0) is 12.7. The van der Waals surface area contributed by atoms with E-state index in [4.69, 9.17) is 4.42 Å². The molecule has 0 fully saturated rings. The van der Waals surface area contributed by atoms with E-state index in [0.717, 1.165) is 27.0 Å². The lowest BCUT2D eigenvalue weighted by Crippen LogP contribution is -1.84. The summed E-state index contributed by atoms with van der Waals surface area (Å²) >= 11 is 3.29. The molecule has 90 valence electrons. The van der Waals surface area contributed by atoms with Gasteiger partial charge < -0.3 is 4.42 Å². The quantitative estimate of drug-likeness (QED) is 0.660. The number of hydrogen-bond acceptors (Lipinski definition) is 2. The van der Waals surface area contributed by atoms with Crippen LogP contribution in [0.3, 0.4) is 0 Å². The molecule has 0 bridgehead atoms. The third-order valence-corrected chi connectivity index (χ3v) is 2.20. The maximum Gasteiger partial charge on any atom is 0.170 e. The van der Waals surface area contributed by atoms with Crippen molar-refractivity contribution in [1.82, 2.24) is 4.98 Å². The van der Waals surface area contributed by atoms with Gasteiger partial charge in [0, 0.05) is 28.9 Å². The van der Waals surface area contributed by atoms with Crippen LogP contribution in [0.25, 0.3) is 11.0 Å². The first-order valence-electron chi connectivity index (χ1n) is 5.70. The molecule has 16 heavy (non-hydrogen) atoms. The summed E-state index contributed by atoms with van der Waals surface area (Å²) in [5.41, 5.74) is 2.90. The summed E-state index contributed by atoms with van der Waals surface area (Å²) in [5.74, 6) is 0. The number of pyridine rings is 1. The molecule has 0 amide bonds. The smallest absolute Gasteiger partial charge is 0.170 e. The van der Waals surface area contributed by atoms with Crippen LogP contribution in [0.2, 0.25) is 0 Å². The molecule has 3 heteroatoms. The summed E-state index contributed by atoms with van der Waals surface area (Å²) in [6, 6.07) is 3.88. The first-order valence-corrected chi connectivity index (χ1v) is 6.49. The van der Waals surface area contributed by atoms with Crippen molar-refractivity contribution in [3.8, 4) is 0 Å². The minimum Gasteiger partial charge on any atom is -0.449 e. The summed E-state index contributed by atoms with van der Waals surface area (Å²) in [7, 11) is 0. The molecule has 0 radical (unpaired) electrons. The van der Waals surface area contributed by atoms with Crippen molar-refractivity contribution in [3.63, 3.8) is 0 Å². The number of fused-ring (bicyclic) bond motifs is 1. The molecule has 0 saturated heterocycles. The number of hydrogen-bond donors (Lipinski definition) is 0. The molecule has 0 aliphatic heterocycles. The molecule has 0 saturated carbocycles. The third-order valence-electron chi connectivity index (χ3n) is 1.80. The normalized spacial score (nSPS) is 8.94. The molecule has 2 aromatic heterocycles. The highest BCUT2D eigenvalue weighted by Gasteiger charge is 2.05. The van der Waals surface area contributed by atoms with Crippen LogP contribution in [0, 0.1) is 13.8 Å². The maximum absolute atomic E-state index is 5.41. The Kier molecular flexibility index (Phi) is 7.06. The Bertz CT molecular complexity index is 435. The predicted molar refractivity (Wildman–Crippen MR) is 73.9 cm³/mol. The zero-order valence-corrected chi connectivity index (χ0v) is 12.5. The lowest BCUT2D eigenvalue weighted by Gasteiger charge is -1.95. The first-order chi connectivity index (χ1) is 7.66. The summed E-state index contributed by atoms with van der Waals surface area (Å²) < 4.78 is 6.16. The fraction of sp³-hybridized carbons (Fsp3) is 0.462. The topological polar surface area (TPSA) is 26.0 Å². The van der Waals surface area contributed by atoms with Crippen LogP contribution < -0.4 is 0 Å². The van der Waals surface area contributed by atoms with Crippen molar-refractivity contribution in [2.24, 2.45) is 0 Å². The third kappa shape index (κ3) is 3.63. The van der Waals surface area contributed by atoms with E-state index in [1.807, 2.05) is 53.7 Å². The number of aromatic nitrogens is 1. The second-order valence-electron chi connectivity index (χ2n) is 2.81. The van der Waals surface area contributed by atoms with Crippen molar-refractivity contribution < 1.29 is 4.42 Å². The summed E-state index contributed by atoms with van der Waals surface area (Å²) in [6.07, 6.45) is 0. The van der Waals surface area contributed by atoms with E-state index in [-0.39, 0.29) is 0 Å². The van der Waals surface area contributed by atoms with Crippen molar-refractivity contribution in [2.75, 3.05) is 0 Å². The number of rotatable bonds is 0. The van der Waals surface area contributed by atoms with Gasteiger partial charge in [0.15, 0.2) is 4.67 Å². The fourth-order valence-corrected chi connectivity index (χ4v) is 1.71. The van der Waals surface area contributed by atoms with Crippen molar-refractivity contribution in [3.05, 3.63) is 28.2 Å². The van der Waals surface area contributed by atoms with Gasteiger partial charge in [0.05, 0.1) is 0 Å². The Balaban J connectivity index is 0.000000509. The Hall–Kier alpha value is -0.830. The largest absolute Gasteiger partial charge is 0.449 e. The highest BCUT2D eigenvalue weighted by Crippen LogP contribution is 2.25. The molecule has 0 spiro atoms. The molecule has 0 atom stereocenters. The Morgan fingerprint density at radius 2 is 1.62 bits per heavy atom. The van der Waals surface area contributed by atoms with Gasteiger partial charge in [-0.15, -0.1) is 0 Å². The summed E-state index contributed by atoms with van der Waals surface area (Å²) in [5, 5.41) is 1.08. The van der Waals surface area contributed by atoms with E-state index >= 15 is 0 Å². The van der Waals surface area contributed by atoms with Gasteiger partial charge in [0.1, 0.15) is 5.58 Å². The van der Waals surface area contributed by atoms with Gasteiger partial charge >= 0.3 is 0 Å². The van der Waals surface area contributed by atoms with E-state index in [1.165, 1.54) is 0 Å². The first kappa shape index (κ1) is 15.2. The van der Waals surface area contributed by atoms with E-state index in [1.54, 1.807) is 0 Å². The van der Waals surface area contributed by atoms with Gasteiger partial charge in [-0.3, -0.25) is 4.98 Å². The molecular formula is C13H20BrNO. The van der Waals surface area contributed by atoms with Crippen LogP contribution in [-0.4, -0.2) is 4.98 Å². The minimum absolute atomic E-state index is 0.757. The van der Waals surface area contributed by atoms with Crippen molar-refractivity contribution in [1.29, 1.82) is 0 Å². The number of furan rings is 1. The van der Waals surface area contributed by atoms with Crippen LogP contribution in [0.1, 0.15) is 39.1 Å². The van der Waals surface area contributed by atoms with E-state index in [0.29, 0.717) is 0 Å². The van der Waals surface area contributed by atoms with Gasteiger partial charge in [0.25, 0.3) is 0 Å². The molecule has 0 aliphatic carbocycles. The Morgan fingerprint density at radius 1 is 1.06 bits per heavy atom. The van der Waals surface area contributed by atoms with Crippen molar-refractivity contribution >= 4 is 26.9 Å². The highest BCUT2D eigenvalue weighted by atomic mass is 79.9. The van der Waals surface area contributed by atoms with Gasteiger partial charge in [-0.25, -0.2) is 0 Å². The predicted octanol–water partition coefficient (Wildman–Crippen LogP) is 5.26. The molecule has 2 heterocycles. The second kappa shape index (κ2) is 7.44.